The van der Waals surface area contributed by atoms with E-state index in [-0.39, 0.29) is 23.1 Å². The van der Waals surface area contributed by atoms with E-state index in [0.717, 1.165) is 31.2 Å². The minimum atomic E-state index is -0.593. The average Bonchev–Trinajstić information content (AvgIpc) is 3.05. The van der Waals surface area contributed by atoms with Gasteiger partial charge in [-0.25, -0.2) is 4.79 Å². The summed E-state index contributed by atoms with van der Waals surface area (Å²) >= 11 is 1.49. The molecule has 0 aliphatic heterocycles. The first-order valence-electron chi connectivity index (χ1n) is 7.80. The lowest BCUT2D eigenvalue weighted by Gasteiger charge is -2.22. The highest BCUT2D eigenvalue weighted by Gasteiger charge is 2.27. The van der Waals surface area contributed by atoms with Crippen LogP contribution in [0.1, 0.15) is 44.2 Å². The Labute approximate surface area is 136 Å². The van der Waals surface area contributed by atoms with Gasteiger partial charge in [-0.3, -0.25) is 4.79 Å². The van der Waals surface area contributed by atoms with Crippen molar-refractivity contribution in [2.24, 2.45) is 0 Å². The Morgan fingerprint density at radius 3 is 2.41 bits per heavy atom. The zero-order valence-electron chi connectivity index (χ0n) is 13.2. The molecule has 0 heterocycles. The molecule has 4 nitrogen and oxygen atoms in total. The van der Waals surface area contributed by atoms with Crippen molar-refractivity contribution < 1.29 is 9.59 Å². The molecule has 1 aliphatic rings. The number of thioether (sulfide) groups is 1. The van der Waals surface area contributed by atoms with E-state index in [0.29, 0.717) is 0 Å². The van der Waals surface area contributed by atoms with Gasteiger partial charge in [0.2, 0.25) is 0 Å². The molecular formula is C17H24N2O2S. The van der Waals surface area contributed by atoms with Crippen LogP contribution in [0.25, 0.3) is 0 Å². The number of carbonyl (C=O) groups is 2. The smallest absolute Gasteiger partial charge is 0.315 e. The van der Waals surface area contributed by atoms with Gasteiger partial charge < -0.3 is 10.6 Å². The Morgan fingerprint density at radius 2 is 1.82 bits per heavy atom. The van der Waals surface area contributed by atoms with Crippen LogP contribution in [0, 0.1) is 0 Å². The second-order valence-electron chi connectivity index (χ2n) is 5.72. The van der Waals surface area contributed by atoms with Gasteiger partial charge in [0.25, 0.3) is 0 Å². The van der Waals surface area contributed by atoms with Crippen molar-refractivity contribution in [2.45, 2.75) is 49.9 Å². The van der Waals surface area contributed by atoms with Crippen LogP contribution in [-0.2, 0) is 4.79 Å². The second kappa shape index (κ2) is 8.22. The van der Waals surface area contributed by atoms with Crippen LogP contribution in [0.2, 0.25) is 0 Å². The van der Waals surface area contributed by atoms with Gasteiger partial charge in [0.05, 0.1) is 5.25 Å². The van der Waals surface area contributed by atoms with E-state index in [1.165, 1.54) is 11.8 Å². The van der Waals surface area contributed by atoms with Crippen molar-refractivity contribution in [2.75, 3.05) is 6.26 Å². The Balaban J connectivity index is 2.07. The summed E-state index contributed by atoms with van der Waals surface area (Å²) in [5.41, 5.74) is 0.829. The molecule has 0 saturated heterocycles. The maximum absolute atomic E-state index is 12.6. The van der Waals surface area contributed by atoms with Crippen LogP contribution in [0.4, 0.5) is 4.79 Å². The van der Waals surface area contributed by atoms with Crippen molar-refractivity contribution in [1.82, 2.24) is 10.6 Å². The SMILES string of the molecule is CSC(C)C(=O)[C@H](NC(=O)NC1CCCC1)c1ccccc1. The summed E-state index contributed by atoms with van der Waals surface area (Å²) in [7, 11) is 0. The van der Waals surface area contributed by atoms with Gasteiger partial charge in [-0.05, 0) is 31.6 Å². The molecule has 1 aliphatic carbocycles. The van der Waals surface area contributed by atoms with E-state index in [9.17, 15) is 9.59 Å². The van der Waals surface area contributed by atoms with Crippen molar-refractivity contribution >= 4 is 23.6 Å². The molecule has 120 valence electrons. The number of carbonyl (C=O) groups excluding carboxylic acids is 2. The van der Waals surface area contributed by atoms with E-state index in [2.05, 4.69) is 10.6 Å². The van der Waals surface area contributed by atoms with Crippen molar-refractivity contribution in [3.63, 3.8) is 0 Å². The Hall–Kier alpha value is -1.49. The van der Waals surface area contributed by atoms with Crippen LogP contribution >= 0.6 is 11.8 Å². The molecule has 1 saturated carbocycles. The van der Waals surface area contributed by atoms with Gasteiger partial charge in [0.1, 0.15) is 6.04 Å². The molecule has 2 rings (SSSR count). The molecule has 2 N–H and O–H groups in total. The first-order valence-corrected chi connectivity index (χ1v) is 9.09. The van der Waals surface area contributed by atoms with E-state index >= 15 is 0 Å². The van der Waals surface area contributed by atoms with Gasteiger partial charge in [0, 0.05) is 6.04 Å². The number of Topliss-reactive ketones (excluding diaryl/α,β-unsaturated/α-hetero) is 1. The zero-order valence-corrected chi connectivity index (χ0v) is 14.0. The largest absolute Gasteiger partial charge is 0.335 e. The number of amides is 2. The fraction of sp³-hybridized carbons (Fsp3) is 0.529. The van der Waals surface area contributed by atoms with Crippen LogP contribution in [-0.4, -0.2) is 29.4 Å². The van der Waals surface area contributed by atoms with Crippen LogP contribution in [0.3, 0.4) is 0 Å². The number of nitrogens with one attached hydrogen (secondary N) is 2. The molecule has 0 radical (unpaired) electrons. The highest BCUT2D eigenvalue weighted by atomic mass is 32.2. The molecule has 22 heavy (non-hydrogen) atoms. The summed E-state index contributed by atoms with van der Waals surface area (Å²) in [4.78, 5) is 24.8. The van der Waals surface area contributed by atoms with E-state index in [1.807, 2.05) is 43.5 Å². The van der Waals surface area contributed by atoms with Crippen LogP contribution in [0.15, 0.2) is 30.3 Å². The number of ketones is 1. The summed E-state index contributed by atoms with van der Waals surface area (Å²) < 4.78 is 0. The molecule has 0 spiro atoms. The summed E-state index contributed by atoms with van der Waals surface area (Å²) in [6.07, 6.45) is 6.28. The Morgan fingerprint density at radius 1 is 1.18 bits per heavy atom. The number of hydrogen-bond donors (Lipinski definition) is 2. The van der Waals surface area contributed by atoms with E-state index < -0.39 is 6.04 Å². The van der Waals surface area contributed by atoms with Gasteiger partial charge in [-0.1, -0.05) is 43.2 Å². The normalized spacial score (nSPS) is 17.7. The molecule has 5 heteroatoms. The molecule has 2 atom stereocenters. The first kappa shape index (κ1) is 16.9. The minimum Gasteiger partial charge on any atom is -0.335 e. The summed E-state index contributed by atoms with van der Waals surface area (Å²) in [5, 5.41) is 5.69. The minimum absolute atomic E-state index is 0.0280. The van der Waals surface area contributed by atoms with Gasteiger partial charge in [-0.15, -0.1) is 0 Å². The average molecular weight is 320 g/mol. The summed E-state index contributed by atoms with van der Waals surface area (Å²) in [6, 6.07) is 8.83. The predicted octanol–water partition coefficient (Wildman–Crippen LogP) is 3.29. The maximum atomic E-state index is 12.6. The first-order chi connectivity index (χ1) is 10.6. The fourth-order valence-electron chi connectivity index (χ4n) is 2.74. The summed E-state index contributed by atoms with van der Waals surface area (Å²) in [6.45, 7) is 1.87. The predicted molar refractivity (Wildman–Crippen MR) is 91.1 cm³/mol. The van der Waals surface area contributed by atoms with Gasteiger partial charge >= 0.3 is 6.03 Å². The third-order valence-electron chi connectivity index (χ3n) is 4.14. The fourth-order valence-corrected chi connectivity index (χ4v) is 3.11. The topological polar surface area (TPSA) is 58.2 Å². The van der Waals surface area contributed by atoms with E-state index in [1.54, 1.807) is 0 Å². The quantitative estimate of drug-likeness (QED) is 0.845. The molecule has 1 aromatic rings. The highest BCUT2D eigenvalue weighted by Crippen LogP contribution is 2.21. The lowest BCUT2D eigenvalue weighted by molar-refractivity contribution is -0.120. The van der Waals surface area contributed by atoms with Crippen molar-refractivity contribution in [3.05, 3.63) is 35.9 Å². The number of rotatable bonds is 6. The Kier molecular flexibility index (Phi) is 6.31. The van der Waals surface area contributed by atoms with E-state index in [4.69, 9.17) is 0 Å². The third-order valence-corrected chi connectivity index (χ3v) is 5.08. The second-order valence-corrected chi connectivity index (χ2v) is 6.90. The van der Waals surface area contributed by atoms with Gasteiger partial charge in [0.15, 0.2) is 5.78 Å². The summed E-state index contributed by atoms with van der Waals surface area (Å²) in [5.74, 6) is 0.0280. The molecule has 0 aromatic heterocycles. The third kappa shape index (κ3) is 4.50. The van der Waals surface area contributed by atoms with Crippen LogP contribution in [0.5, 0.6) is 0 Å². The molecule has 1 aromatic carbocycles. The molecule has 2 amide bonds. The molecule has 1 fully saturated rings. The van der Waals surface area contributed by atoms with Crippen molar-refractivity contribution in [3.8, 4) is 0 Å². The monoisotopic (exact) mass is 320 g/mol. The molecular weight excluding hydrogens is 296 g/mol. The number of benzene rings is 1. The lowest BCUT2D eigenvalue weighted by atomic mass is 10.0. The number of hydrogen-bond acceptors (Lipinski definition) is 3. The van der Waals surface area contributed by atoms with Crippen LogP contribution < -0.4 is 10.6 Å². The number of urea groups is 1. The maximum Gasteiger partial charge on any atom is 0.315 e. The standard InChI is InChI=1S/C17H24N2O2S/c1-12(22-2)16(20)15(13-8-4-3-5-9-13)19-17(21)18-14-10-6-7-11-14/h3-5,8-9,12,14-15H,6-7,10-11H2,1-2H3,(H2,18,19,21)/t12?,15-/m1/s1. The zero-order chi connectivity index (χ0) is 15.9. The highest BCUT2D eigenvalue weighted by molar-refractivity contribution is 7.99. The van der Waals surface area contributed by atoms with Crippen molar-refractivity contribution in [1.29, 1.82) is 0 Å². The van der Waals surface area contributed by atoms with Gasteiger partial charge in [-0.2, -0.15) is 11.8 Å². The lowest BCUT2D eigenvalue weighted by Crippen LogP contribution is -2.45. The Bertz CT molecular complexity index is 501. The molecule has 1 unspecified atom stereocenters. The molecule has 0 bridgehead atoms.